The van der Waals surface area contributed by atoms with Crippen molar-refractivity contribution in [1.29, 1.82) is 0 Å². The van der Waals surface area contributed by atoms with E-state index in [1.807, 2.05) is 24.3 Å². The molecule has 0 spiro atoms. The van der Waals surface area contributed by atoms with Gasteiger partial charge in [0.05, 0.1) is 5.69 Å². The van der Waals surface area contributed by atoms with Crippen molar-refractivity contribution in [2.75, 3.05) is 11.9 Å². The van der Waals surface area contributed by atoms with E-state index < -0.39 is 0 Å². The van der Waals surface area contributed by atoms with E-state index in [0.29, 0.717) is 18.9 Å². The van der Waals surface area contributed by atoms with Crippen molar-refractivity contribution in [3.8, 4) is 0 Å². The van der Waals surface area contributed by atoms with Gasteiger partial charge >= 0.3 is 0 Å². The minimum Gasteiger partial charge on any atom is -0.330 e. The Morgan fingerprint density at radius 3 is 2.61 bits per heavy atom. The summed E-state index contributed by atoms with van der Waals surface area (Å²) in [5.74, 6) is 0.847. The average Bonchev–Trinajstić information content (AvgIpc) is 2.30. The first-order chi connectivity index (χ1) is 8.52. The van der Waals surface area contributed by atoms with Crippen LogP contribution in [0.2, 0.25) is 0 Å². The summed E-state index contributed by atoms with van der Waals surface area (Å²) in [6.45, 7) is 4.85. The third kappa shape index (κ3) is 5.19. The number of carbonyl (C=O) groups excluding carboxylic acids is 1. The van der Waals surface area contributed by atoms with E-state index in [-0.39, 0.29) is 11.8 Å². The molecule has 0 saturated heterocycles. The molecule has 0 aliphatic rings. The Morgan fingerprint density at radius 1 is 1.39 bits per heavy atom. The molecule has 1 aromatic rings. The fraction of sp³-hybridized carbons (Fsp3) is 0.500. The van der Waals surface area contributed by atoms with Crippen molar-refractivity contribution in [2.45, 2.75) is 26.7 Å². The first kappa shape index (κ1) is 15.2. The topological polar surface area (TPSA) is 55.1 Å². The van der Waals surface area contributed by atoms with Gasteiger partial charge in [-0.05, 0) is 52.9 Å². The molecule has 0 heterocycles. The molecule has 0 aliphatic carbocycles. The van der Waals surface area contributed by atoms with Gasteiger partial charge in [0.15, 0.2) is 0 Å². The van der Waals surface area contributed by atoms with Gasteiger partial charge in [-0.15, -0.1) is 0 Å². The molecule has 0 radical (unpaired) electrons. The van der Waals surface area contributed by atoms with Crippen molar-refractivity contribution in [3.63, 3.8) is 0 Å². The molecule has 0 fully saturated rings. The molecule has 1 aromatic carbocycles. The summed E-state index contributed by atoms with van der Waals surface area (Å²) in [5, 5.41) is 2.91. The number of hydrogen-bond acceptors (Lipinski definition) is 2. The molecule has 4 heteroatoms. The summed E-state index contributed by atoms with van der Waals surface area (Å²) in [4.78, 5) is 11.9. The quantitative estimate of drug-likeness (QED) is 0.846. The molecule has 0 aromatic heterocycles. The number of amides is 1. The van der Waals surface area contributed by atoms with Gasteiger partial charge in [0.2, 0.25) is 5.91 Å². The fourth-order valence-corrected chi connectivity index (χ4v) is 2.34. The van der Waals surface area contributed by atoms with Crippen LogP contribution in [0, 0.1) is 11.8 Å². The summed E-state index contributed by atoms with van der Waals surface area (Å²) in [5.41, 5.74) is 6.51. The van der Waals surface area contributed by atoms with Gasteiger partial charge in [-0.3, -0.25) is 4.79 Å². The maximum Gasteiger partial charge on any atom is 0.224 e. The van der Waals surface area contributed by atoms with Crippen molar-refractivity contribution in [1.82, 2.24) is 0 Å². The van der Waals surface area contributed by atoms with E-state index in [9.17, 15) is 4.79 Å². The SMILES string of the molecule is CC(C)CC(CN)CC(=O)Nc1ccccc1Br. The van der Waals surface area contributed by atoms with Crippen LogP contribution in [0.5, 0.6) is 0 Å². The normalized spacial score (nSPS) is 12.5. The second-order valence-corrected chi connectivity index (χ2v) is 5.82. The Bertz CT molecular complexity index is 393. The molecule has 1 amide bonds. The van der Waals surface area contributed by atoms with Gasteiger partial charge in [0.25, 0.3) is 0 Å². The van der Waals surface area contributed by atoms with Crippen LogP contribution in [0.3, 0.4) is 0 Å². The van der Waals surface area contributed by atoms with Gasteiger partial charge < -0.3 is 11.1 Å². The zero-order valence-electron chi connectivity index (χ0n) is 10.9. The Kier molecular flexibility index (Phi) is 6.36. The monoisotopic (exact) mass is 312 g/mol. The lowest BCUT2D eigenvalue weighted by atomic mass is 9.94. The summed E-state index contributed by atoms with van der Waals surface area (Å²) in [6.07, 6.45) is 1.47. The molecule has 0 aliphatic heterocycles. The smallest absolute Gasteiger partial charge is 0.224 e. The van der Waals surface area contributed by atoms with Crippen LogP contribution in [-0.4, -0.2) is 12.5 Å². The molecular weight excluding hydrogens is 292 g/mol. The van der Waals surface area contributed by atoms with E-state index in [1.54, 1.807) is 0 Å². The number of nitrogens with two attached hydrogens (primary N) is 1. The number of nitrogens with one attached hydrogen (secondary N) is 1. The number of benzene rings is 1. The molecule has 3 N–H and O–H groups in total. The van der Waals surface area contributed by atoms with Crippen LogP contribution in [0.15, 0.2) is 28.7 Å². The highest BCUT2D eigenvalue weighted by Gasteiger charge is 2.14. The fourth-order valence-electron chi connectivity index (χ4n) is 1.96. The maximum absolute atomic E-state index is 11.9. The minimum atomic E-state index is 0.0259. The molecule has 0 saturated carbocycles. The number of carbonyl (C=O) groups is 1. The van der Waals surface area contributed by atoms with Crippen LogP contribution in [0.4, 0.5) is 5.69 Å². The van der Waals surface area contributed by atoms with Crippen LogP contribution in [0.1, 0.15) is 26.7 Å². The predicted octanol–water partition coefficient (Wildman–Crippen LogP) is 3.40. The van der Waals surface area contributed by atoms with Crippen LogP contribution < -0.4 is 11.1 Å². The van der Waals surface area contributed by atoms with Crippen molar-refractivity contribution in [3.05, 3.63) is 28.7 Å². The molecule has 1 unspecified atom stereocenters. The van der Waals surface area contributed by atoms with E-state index in [1.165, 1.54) is 0 Å². The van der Waals surface area contributed by atoms with Crippen molar-refractivity contribution < 1.29 is 4.79 Å². The summed E-state index contributed by atoms with van der Waals surface area (Å²) >= 11 is 3.41. The Hall–Kier alpha value is -0.870. The van der Waals surface area contributed by atoms with Gasteiger partial charge in [0, 0.05) is 10.9 Å². The number of para-hydroxylation sites is 1. The van der Waals surface area contributed by atoms with Gasteiger partial charge in [0.1, 0.15) is 0 Å². The first-order valence-electron chi connectivity index (χ1n) is 6.27. The van der Waals surface area contributed by atoms with E-state index >= 15 is 0 Å². The molecular formula is C14H21BrN2O. The van der Waals surface area contributed by atoms with Crippen molar-refractivity contribution in [2.24, 2.45) is 17.6 Å². The van der Waals surface area contributed by atoms with E-state index in [0.717, 1.165) is 16.6 Å². The lowest BCUT2D eigenvalue weighted by Crippen LogP contribution is -2.23. The predicted molar refractivity (Wildman–Crippen MR) is 79.4 cm³/mol. The van der Waals surface area contributed by atoms with Gasteiger partial charge in [-0.25, -0.2) is 0 Å². The van der Waals surface area contributed by atoms with Gasteiger partial charge in [-0.2, -0.15) is 0 Å². The highest BCUT2D eigenvalue weighted by atomic mass is 79.9. The van der Waals surface area contributed by atoms with Crippen LogP contribution in [0.25, 0.3) is 0 Å². The maximum atomic E-state index is 11.9. The van der Waals surface area contributed by atoms with Gasteiger partial charge in [-0.1, -0.05) is 26.0 Å². The van der Waals surface area contributed by atoms with E-state index in [4.69, 9.17) is 5.73 Å². The first-order valence-corrected chi connectivity index (χ1v) is 7.06. The zero-order chi connectivity index (χ0) is 13.5. The largest absolute Gasteiger partial charge is 0.330 e. The standard InChI is InChI=1S/C14H21BrN2O/c1-10(2)7-11(9-16)8-14(18)17-13-6-4-3-5-12(13)15/h3-6,10-11H,7-9,16H2,1-2H3,(H,17,18). The van der Waals surface area contributed by atoms with Crippen LogP contribution in [-0.2, 0) is 4.79 Å². The number of halogens is 1. The summed E-state index contributed by atoms with van der Waals surface area (Å²) < 4.78 is 0.895. The number of hydrogen-bond donors (Lipinski definition) is 2. The minimum absolute atomic E-state index is 0.0259. The molecule has 3 nitrogen and oxygen atoms in total. The molecule has 0 bridgehead atoms. The Morgan fingerprint density at radius 2 is 2.06 bits per heavy atom. The third-order valence-electron chi connectivity index (χ3n) is 2.76. The second-order valence-electron chi connectivity index (χ2n) is 4.96. The number of rotatable bonds is 6. The Balaban J connectivity index is 2.53. The van der Waals surface area contributed by atoms with Crippen molar-refractivity contribution >= 4 is 27.5 Å². The average molecular weight is 313 g/mol. The highest BCUT2D eigenvalue weighted by Crippen LogP contribution is 2.22. The Labute approximate surface area is 117 Å². The molecule has 100 valence electrons. The second kappa shape index (κ2) is 7.54. The van der Waals surface area contributed by atoms with E-state index in [2.05, 4.69) is 35.1 Å². The lowest BCUT2D eigenvalue weighted by Gasteiger charge is -2.16. The summed E-state index contributed by atoms with van der Waals surface area (Å²) in [6, 6.07) is 7.60. The third-order valence-corrected chi connectivity index (χ3v) is 3.45. The lowest BCUT2D eigenvalue weighted by molar-refractivity contribution is -0.117. The molecule has 1 rings (SSSR count). The summed E-state index contributed by atoms with van der Waals surface area (Å²) in [7, 11) is 0. The van der Waals surface area contributed by atoms with Crippen LogP contribution >= 0.6 is 15.9 Å². The highest BCUT2D eigenvalue weighted by molar-refractivity contribution is 9.10. The molecule has 18 heavy (non-hydrogen) atoms. The zero-order valence-corrected chi connectivity index (χ0v) is 12.5. The molecule has 1 atom stereocenters. The number of anilines is 1.